The van der Waals surface area contributed by atoms with Gasteiger partial charge in [-0.1, -0.05) is 41.6 Å². The third kappa shape index (κ3) is 4.51. The van der Waals surface area contributed by atoms with Gasteiger partial charge in [0.05, 0.1) is 23.9 Å². The van der Waals surface area contributed by atoms with Crippen LogP contribution in [-0.4, -0.2) is 69.3 Å². The fraction of sp³-hybridized carbons (Fsp3) is 0.526. The van der Waals surface area contributed by atoms with Crippen LogP contribution in [0.1, 0.15) is 19.4 Å². The molecule has 146 valence electrons. The Morgan fingerprint density at radius 3 is 2.81 bits per heavy atom. The second kappa shape index (κ2) is 8.69. The maximum Gasteiger partial charge on any atom is 0.147 e. The summed E-state index contributed by atoms with van der Waals surface area (Å²) in [5.74, 6) is 6.08. The van der Waals surface area contributed by atoms with Crippen LogP contribution in [0, 0.1) is 17.8 Å². The number of aliphatic hydroxyl groups excluding tert-OH is 3. The van der Waals surface area contributed by atoms with Crippen LogP contribution in [0.15, 0.2) is 22.8 Å². The lowest BCUT2D eigenvalue weighted by molar-refractivity contribution is -0.230. The monoisotopic (exact) mass is 438 g/mol. The number of hydrogen-bond donors (Lipinski definition) is 4. The van der Waals surface area contributed by atoms with E-state index in [9.17, 15) is 15.3 Å². The number of benzene rings is 1. The van der Waals surface area contributed by atoms with Gasteiger partial charge in [0.2, 0.25) is 0 Å². The van der Waals surface area contributed by atoms with E-state index in [1.807, 2.05) is 26.0 Å². The van der Waals surface area contributed by atoms with Gasteiger partial charge in [-0.05, 0) is 18.1 Å². The summed E-state index contributed by atoms with van der Waals surface area (Å²) in [4.78, 5) is 0. The Morgan fingerprint density at radius 1 is 1.33 bits per heavy atom. The molecule has 5 atom stereocenters. The number of halogens is 1. The van der Waals surface area contributed by atoms with Crippen molar-refractivity contribution in [3.8, 4) is 11.8 Å². The minimum Gasteiger partial charge on any atom is -0.394 e. The van der Waals surface area contributed by atoms with Gasteiger partial charge in [-0.25, -0.2) is 0 Å². The Balaban J connectivity index is 1.82. The first-order valence-electron chi connectivity index (χ1n) is 8.79. The van der Waals surface area contributed by atoms with Crippen LogP contribution in [0.3, 0.4) is 0 Å². The SMILES string of the molecule is CC(C)CO[C@H]1[C@H](O)[C@H](O)[C@@H](C#Cc2cc(Br)cc3cn[nH]c23)O[C@@H]1CO. The highest BCUT2D eigenvalue weighted by molar-refractivity contribution is 9.10. The number of fused-ring (bicyclic) bond motifs is 1. The van der Waals surface area contributed by atoms with E-state index in [-0.39, 0.29) is 12.5 Å². The summed E-state index contributed by atoms with van der Waals surface area (Å²) < 4.78 is 12.2. The molecule has 8 heteroatoms. The highest BCUT2D eigenvalue weighted by Gasteiger charge is 2.44. The number of aromatic amines is 1. The van der Waals surface area contributed by atoms with Crippen molar-refractivity contribution in [1.29, 1.82) is 0 Å². The van der Waals surface area contributed by atoms with Crippen LogP contribution in [0.25, 0.3) is 10.9 Å². The second-order valence-corrected chi connectivity index (χ2v) is 7.92. The van der Waals surface area contributed by atoms with Gasteiger partial charge in [-0.3, -0.25) is 5.10 Å². The molecule has 2 heterocycles. The van der Waals surface area contributed by atoms with Crippen LogP contribution in [-0.2, 0) is 9.47 Å². The first kappa shape index (κ1) is 20.3. The molecule has 1 aromatic heterocycles. The number of aromatic nitrogens is 2. The second-order valence-electron chi connectivity index (χ2n) is 7.01. The molecule has 1 aliphatic rings. The van der Waals surface area contributed by atoms with E-state index in [2.05, 4.69) is 38.0 Å². The van der Waals surface area contributed by atoms with Crippen molar-refractivity contribution in [2.75, 3.05) is 13.2 Å². The van der Waals surface area contributed by atoms with Crippen molar-refractivity contribution in [2.24, 2.45) is 5.92 Å². The number of rotatable bonds is 4. The van der Waals surface area contributed by atoms with E-state index >= 15 is 0 Å². The third-order valence-corrected chi connectivity index (χ3v) is 4.81. The van der Waals surface area contributed by atoms with Crippen molar-refractivity contribution in [3.05, 3.63) is 28.4 Å². The van der Waals surface area contributed by atoms with Crippen LogP contribution in [0.4, 0.5) is 0 Å². The Hall–Kier alpha value is -1.47. The van der Waals surface area contributed by atoms with E-state index in [1.54, 1.807) is 6.20 Å². The topological polar surface area (TPSA) is 108 Å². The van der Waals surface area contributed by atoms with Crippen LogP contribution < -0.4 is 0 Å². The summed E-state index contributed by atoms with van der Waals surface area (Å²) in [6.45, 7) is 4.00. The zero-order chi connectivity index (χ0) is 19.6. The van der Waals surface area contributed by atoms with Crippen molar-refractivity contribution in [1.82, 2.24) is 10.2 Å². The van der Waals surface area contributed by atoms with Gasteiger partial charge in [0.15, 0.2) is 0 Å². The van der Waals surface area contributed by atoms with Crippen molar-refractivity contribution in [3.63, 3.8) is 0 Å². The highest BCUT2D eigenvalue weighted by atomic mass is 79.9. The number of ether oxygens (including phenoxy) is 2. The molecular weight excluding hydrogens is 416 g/mol. The standard InChI is InChI=1S/C19H23BrN2O5/c1-10(2)9-26-19-15(8-23)27-14(17(24)18(19)25)4-3-11-5-13(20)6-12-7-21-22-16(11)12/h5-7,10,14-15,17-19,23-25H,8-9H2,1-2H3,(H,21,22)/t14-,15-,17-,18-,19-/m1/s1. The molecule has 0 radical (unpaired) electrons. The number of nitrogens with zero attached hydrogens (tertiary/aromatic N) is 1. The zero-order valence-corrected chi connectivity index (χ0v) is 16.7. The van der Waals surface area contributed by atoms with Gasteiger partial charge in [0, 0.05) is 16.5 Å². The van der Waals surface area contributed by atoms with Gasteiger partial charge in [-0.15, -0.1) is 0 Å². The molecule has 2 aromatic rings. The number of aliphatic hydroxyl groups is 3. The van der Waals surface area contributed by atoms with Crippen molar-refractivity contribution in [2.45, 2.75) is 44.4 Å². The zero-order valence-electron chi connectivity index (χ0n) is 15.1. The summed E-state index contributed by atoms with van der Waals surface area (Å²) in [5, 5.41) is 38.3. The molecule has 1 fully saturated rings. The number of H-pyrrole nitrogens is 1. The molecule has 3 rings (SSSR count). The average Bonchev–Trinajstić information content (AvgIpc) is 3.09. The number of hydrogen-bond acceptors (Lipinski definition) is 6. The molecule has 0 aliphatic carbocycles. The normalized spacial score (nSPS) is 28.3. The first-order valence-corrected chi connectivity index (χ1v) is 9.58. The maximum absolute atomic E-state index is 10.4. The molecule has 1 aromatic carbocycles. The third-order valence-electron chi connectivity index (χ3n) is 4.35. The smallest absolute Gasteiger partial charge is 0.147 e. The Kier molecular flexibility index (Phi) is 6.52. The van der Waals surface area contributed by atoms with Gasteiger partial charge >= 0.3 is 0 Å². The highest BCUT2D eigenvalue weighted by Crippen LogP contribution is 2.25. The molecule has 1 aliphatic heterocycles. The quantitative estimate of drug-likeness (QED) is 0.534. The molecule has 4 N–H and O–H groups in total. The summed E-state index contributed by atoms with van der Waals surface area (Å²) in [7, 11) is 0. The predicted octanol–water partition coefficient (Wildman–Crippen LogP) is 1.20. The molecule has 1 saturated heterocycles. The lowest BCUT2D eigenvalue weighted by Crippen LogP contribution is -2.59. The van der Waals surface area contributed by atoms with E-state index in [0.29, 0.717) is 12.2 Å². The first-order chi connectivity index (χ1) is 12.9. The van der Waals surface area contributed by atoms with Crippen molar-refractivity contribution < 1.29 is 24.8 Å². The summed E-state index contributed by atoms with van der Waals surface area (Å²) in [6.07, 6.45) is -3.29. The van der Waals surface area contributed by atoms with E-state index in [0.717, 1.165) is 15.4 Å². The van der Waals surface area contributed by atoms with Gasteiger partial charge in [-0.2, -0.15) is 5.10 Å². The average molecular weight is 439 g/mol. The number of nitrogens with one attached hydrogen (secondary N) is 1. The Labute approximate surface area is 165 Å². The van der Waals surface area contributed by atoms with Gasteiger partial charge in [0.1, 0.15) is 30.5 Å². The predicted molar refractivity (Wildman–Crippen MR) is 103 cm³/mol. The lowest BCUT2D eigenvalue weighted by atomic mass is 9.94. The summed E-state index contributed by atoms with van der Waals surface area (Å²) in [6, 6.07) is 3.75. The van der Waals surface area contributed by atoms with Crippen LogP contribution in [0.2, 0.25) is 0 Å². The molecule has 7 nitrogen and oxygen atoms in total. The molecule has 0 bridgehead atoms. The molecule has 0 spiro atoms. The fourth-order valence-corrected chi connectivity index (χ4v) is 3.46. The van der Waals surface area contributed by atoms with E-state index < -0.39 is 30.5 Å². The molecule has 0 saturated carbocycles. The lowest BCUT2D eigenvalue weighted by Gasteiger charge is -2.40. The minimum absolute atomic E-state index is 0.250. The molecule has 0 amide bonds. The molecule has 0 unspecified atom stereocenters. The van der Waals surface area contributed by atoms with E-state index in [1.165, 1.54) is 0 Å². The van der Waals surface area contributed by atoms with E-state index in [4.69, 9.17) is 9.47 Å². The largest absolute Gasteiger partial charge is 0.394 e. The van der Waals surface area contributed by atoms with Crippen LogP contribution in [0.5, 0.6) is 0 Å². The Morgan fingerprint density at radius 2 is 2.11 bits per heavy atom. The van der Waals surface area contributed by atoms with Gasteiger partial charge < -0.3 is 24.8 Å². The molecule has 27 heavy (non-hydrogen) atoms. The Bertz CT molecular complexity index is 841. The maximum atomic E-state index is 10.4. The molecular formula is C19H23BrN2O5. The van der Waals surface area contributed by atoms with Gasteiger partial charge in [0.25, 0.3) is 0 Å². The minimum atomic E-state index is -1.25. The fourth-order valence-electron chi connectivity index (χ4n) is 2.98. The van der Waals surface area contributed by atoms with Crippen LogP contribution >= 0.6 is 15.9 Å². The summed E-state index contributed by atoms with van der Waals surface area (Å²) in [5.41, 5.74) is 1.45. The van der Waals surface area contributed by atoms with Crippen molar-refractivity contribution >= 4 is 26.8 Å². The summed E-state index contributed by atoms with van der Waals surface area (Å²) >= 11 is 3.43.